The van der Waals surface area contributed by atoms with Crippen LogP contribution in [0, 0.1) is 5.92 Å². The van der Waals surface area contributed by atoms with E-state index in [4.69, 9.17) is 4.74 Å². The van der Waals surface area contributed by atoms with Gasteiger partial charge in [-0.1, -0.05) is 13.8 Å². The maximum absolute atomic E-state index is 5.70. The van der Waals surface area contributed by atoms with E-state index in [9.17, 15) is 0 Å². The molecule has 0 saturated heterocycles. The lowest BCUT2D eigenvalue weighted by atomic mass is 10.1. The summed E-state index contributed by atoms with van der Waals surface area (Å²) >= 11 is 0. The summed E-state index contributed by atoms with van der Waals surface area (Å²) in [6.07, 6.45) is 3.75. The molecular formula is C15H27N3O. The Hall–Kier alpha value is -1.00. The monoisotopic (exact) mass is 265 g/mol. The fourth-order valence-corrected chi connectivity index (χ4v) is 1.71. The average Bonchev–Trinajstić information content (AvgIpc) is 2.33. The number of nitrogens with one attached hydrogen (secondary N) is 1. The third-order valence-electron chi connectivity index (χ3n) is 2.75. The SMILES string of the molecule is CCOC(c1ncc(CNC(C)(C)C)cn1)C(C)C. The molecule has 0 aliphatic heterocycles. The summed E-state index contributed by atoms with van der Waals surface area (Å²) in [5.74, 6) is 1.15. The lowest BCUT2D eigenvalue weighted by Gasteiger charge is -2.21. The van der Waals surface area contributed by atoms with Gasteiger partial charge in [0.2, 0.25) is 0 Å². The van der Waals surface area contributed by atoms with Gasteiger partial charge >= 0.3 is 0 Å². The minimum Gasteiger partial charge on any atom is -0.370 e. The molecule has 1 unspecified atom stereocenters. The van der Waals surface area contributed by atoms with Gasteiger partial charge in [-0.3, -0.25) is 0 Å². The van der Waals surface area contributed by atoms with Crippen molar-refractivity contribution in [2.45, 2.75) is 59.7 Å². The first-order chi connectivity index (χ1) is 8.83. The van der Waals surface area contributed by atoms with Crippen LogP contribution < -0.4 is 5.32 Å². The molecule has 19 heavy (non-hydrogen) atoms. The van der Waals surface area contributed by atoms with Gasteiger partial charge in [-0.25, -0.2) is 9.97 Å². The molecule has 0 aliphatic rings. The van der Waals surface area contributed by atoms with Crippen molar-refractivity contribution >= 4 is 0 Å². The van der Waals surface area contributed by atoms with Gasteiger partial charge in [0.1, 0.15) is 6.10 Å². The predicted molar refractivity (Wildman–Crippen MR) is 77.8 cm³/mol. The van der Waals surface area contributed by atoms with Crippen LogP contribution in [0.4, 0.5) is 0 Å². The number of rotatable bonds is 6. The molecule has 1 aromatic rings. The van der Waals surface area contributed by atoms with Gasteiger partial charge in [0, 0.05) is 36.6 Å². The van der Waals surface area contributed by atoms with E-state index in [1.165, 1.54) is 0 Å². The van der Waals surface area contributed by atoms with Crippen molar-refractivity contribution in [1.82, 2.24) is 15.3 Å². The number of hydrogen-bond acceptors (Lipinski definition) is 4. The number of ether oxygens (including phenoxy) is 1. The molecule has 4 nitrogen and oxygen atoms in total. The molecule has 0 spiro atoms. The summed E-state index contributed by atoms with van der Waals surface area (Å²) in [5.41, 5.74) is 1.20. The van der Waals surface area contributed by atoms with Crippen molar-refractivity contribution in [2.24, 2.45) is 5.92 Å². The summed E-state index contributed by atoms with van der Waals surface area (Å²) in [7, 11) is 0. The van der Waals surface area contributed by atoms with Crippen LogP contribution in [-0.4, -0.2) is 22.1 Å². The van der Waals surface area contributed by atoms with E-state index in [0.717, 1.165) is 17.9 Å². The topological polar surface area (TPSA) is 47.0 Å². The lowest BCUT2D eigenvalue weighted by molar-refractivity contribution is 0.0231. The molecular weight excluding hydrogens is 238 g/mol. The van der Waals surface area contributed by atoms with E-state index in [1.807, 2.05) is 19.3 Å². The fourth-order valence-electron chi connectivity index (χ4n) is 1.71. The van der Waals surface area contributed by atoms with Gasteiger partial charge in [-0.05, 0) is 33.6 Å². The molecule has 1 aromatic heterocycles. The summed E-state index contributed by atoms with van der Waals surface area (Å²) < 4.78 is 5.70. The Morgan fingerprint density at radius 2 is 1.79 bits per heavy atom. The number of aromatic nitrogens is 2. The van der Waals surface area contributed by atoms with Crippen LogP contribution in [0.25, 0.3) is 0 Å². The second kappa shape index (κ2) is 6.96. The van der Waals surface area contributed by atoms with Crippen molar-refractivity contribution in [1.29, 1.82) is 0 Å². The van der Waals surface area contributed by atoms with Crippen molar-refractivity contribution < 1.29 is 4.74 Å². The van der Waals surface area contributed by atoms with Crippen LogP contribution in [0.5, 0.6) is 0 Å². The lowest BCUT2D eigenvalue weighted by Crippen LogP contribution is -2.35. The zero-order chi connectivity index (χ0) is 14.5. The fraction of sp³-hybridized carbons (Fsp3) is 0.733. The zero-order valence-electron chi connectivity index (χ0n) is 13.0. The first kappa shape index (κ1) is 16.1. The molecule has 108 valence electrons. The molecule has 0 aromatic carbocycles. The molecule has 1 heterocycles. The second-order valence-electron chi connectivity index (χ2n) is 6.17. The van der Waals surface area contributed by atoms with Crippen LogP contribution >= 0.6 is 0 Å². The molecule has 4 heteroatoms. The largest absolute Gasteiger partial charge is 0.370 e. The highest BCUT2D eigenvalue weighted by atomic mass is 16.5. The Bertz CT molecular complexity index is 368. The van der Waals surface area contributed by atoms with E-state index < -0.39 is 0 Å². The Balaban J connectivity index is 2.69. The molecule has 0 fully saturated rings. The van der Waals surface area contributed by atoms with Crippen molar-refractivity contribution in [3.63, 3.8) is 0 Å². The van der Waals surface area contributed by atoms with E-state index in [1.54, 1.807) is 0 Å². The average molecular weight is 265 g/mol. The van der Waals surface area contributed by atoms with Gasteiger partial charge in [0.15, 0.2) is 5.82 Å². The Kier molecular flexibility index (Phi) is 5.88. The molecule has 0 bridgehead atoms. The van der Waals surface area contributed by atoms with E-state index >= 15 is 0 Å². The zero-order valence-corrected chi connectivity index (χ0v) is 13.0. The smallest absolute Gasteiger partial charge is 0.157 e. The molecule has 0 radical (unpaired) electrons. The third-order valence-corrected chi connectivity index (χ3v) is 2.75. The molecule has 1 atom stereocenters. The molecule has 0 aliphatic carbocycles. The van der Waals surface area contributed by atoms with Gasteiger partial charge in [0.25, 0.3) is 0 Å². The molecule has 0 amide bonds. The highest BCUT2D eigenvalue weighted by Crippen LogP contribution is 2.22. The minimum absolute atomic E-state index is 0.0189. The molecule has 0 saturated carbocycles. The van der Waals surface area contributed by atoms with Gasteiger partial charge in [0.05, 0.1) is 0 Å². The van der Waals surface area contributed by atoms with Crippen LogP contribution in [0.2, 0.25) is 0 Å². The van der Waals surface area contributed by atoms with Crippen LogP contribution in [0.1, 0.15) is 59.0 Å². The Labute approximate surface area is 117 Å². The van der Waals surface area contributed by atoms with Crippen molar-refractivity contribution in [3.05, 3.63) is 23.8 Å². The van der Waals surface area contributed by atoms with Gasteiger partial charge < -0.3 is 10.1 Å². The van der Waals surface area contributed by atoms with Crippen molar-refractivity contribution in [3.8, 4) is 0 Å². The summed E-state index contributed by atoms with van der Waals surface area (Å²) in [6.45, 7) is 14.1. The number of hydrogen-bond donors (Lipinski definition) is 1. The third kappa shape index (κ3) is 5.66. The summed E-state index contributed by atoms with van der Waals surface area (Å²) in [6, 6.07) is 0. The maximum atomic E-state index is 5.70. The maximum Gasteiger partial charge on any atom is 0.157 e. The summed E-state index contributed by atoms with van der Waals surface area (Å²) in [4.78, 5) is 8.89. The van der Waals surface area contributed by atoms with Crippen LogP contribution in [0.15, 0.2) is 12.4 Å². The predicted octanol–water partition coefficient (Wildman–Crippen LogP) is 3.10. The summed E-state index contributed by atoms with van der Waals surface area (Å²) in [5, 5.41) is 3.42. The highest BCUT2D eigenvalue weighted by molar-refractivity contribution is 5.07. The Morgan fingerprint density at radius 3 is 2.21 bits per heavy atom. The molecule has 1 N–H and O–H groups in total. The van der Waals surface area contributed by atoms with E-state index in [2.05, 4.69) is 49.9 Å². The quantitative estimate of drug-likeness (QED) is 0.858. The second-order valence-corrected chi connectivity index (χ2v) is 6.17. The standard InChI is InChI=1S/C15H27N3O/c1-7-19-13(11(2)3)14-16-8-12(9-17-14)10-18-15(4,5)6/h8-9,11,13,18H,7,10H2,1-6H3. The highest BCUT2D eigenvalue weighted by Gasteiger charge is 2.18. The van der Waals surface area contributed by atoms with E-state index in [-0.39, 0.29) is 11.6 Å². The number of nitrogens with zero attached hydrogens (tertiary/aromatic N) is 2. The molecule has 1 rings (SSSR count). The van der Waals surface area contributed by atoms with E-state index in [0.29, 0.717) is 12.5 Å². The normalized spacial score (nSPS) is 13.8. The van der Waals surface area contributed by atoms with Crippen LogP contribution in [0.3, 0.4) is 0 Å². The van der Waals surface area contributed by atoms with Gasteiger partial charge in [-0.2, -0.15) is 0 Å². The first-order valence-corrected chi connectivity index (χ1v) is 7.01. The van der Waals surface area contributed by atoms with Crippen LogP contribution in [-0.2, 0) is 11.3 Å². The Morgan fingerprint density at radius 1 is 1.21 bits per heavy atom. The van der Waals surface area contributed by atoms with Crippen molar-refractivity contribution in [2.75, 3.05) is 6.61 Å². The minimum atomic E-state index is -0.0189. The first-order valence-electron chi connectivity index (χ1n) is 7.01. The van der Waals surface area contributed by atoms with Gasteiger partial charge in [-0.15, -0.1) is 0 Å².